The summed E-state index contributed by atoms with van der Waals surface area (Å²) in [5.74, 6) is -0.351. The second-order valence-electron chi connectivity index (χ2n) is 6.46. The maximum absolute atomic E-state index is 12.2. The van der Waals surface area contributed by atoms with Crippen molar-refractivity contribution in [1.29, 1.82) is 0 Å². The molecule has 1 aromatic heterocycles. The van der Waals surface area contributed by atoms with Crippen molar-refractivity contribution in [3.8, 4) is 10.6 Å². The van der Waals surface area contributed by atoms with Crippen molar-refractivity contribution < 1.29 is 9.59 Å². The van der Waals surface area contributed by atoms with E-state index in [2.05, 4.69) is 15.6 Å². The second-order valence-corrected chi connectivity index (χ2v) is 7.31. The van der Waals surface area contributed by atoms with Crippen molar-refractivity contribution >= 4 is 23.2 Å². The highest BCUT2D eigenvalue weighted by atomic mass is 32.1. The Morgan fingerprint density at radius 1 is 1.16 bits per heavy atom. The number of benzene rings is 1. The van der Waals surface area contributed by atoms with Crippen LogP contribution >= 0.6 is 11.3 Å². The Morgan fingerprint density at radius 2 is 1.88 bits per heavy atom. The molecule has 2 aromatic rings. The molecule has 0 bridgehead atoms. The lowest BCUT2D eigenvalue weighted by Gasteiger charge is -2.22. The monoisotopic (exact) mass is 357 g/mol. The van der Waals surface area contributed by atoms with Crippen LogP contribution in [0.2, 0.25) is 0 Å². The zero-order valence-electron chi connectivity index (χ0n) is 14.4. The van der Waals surface area contributed by atoms with Crippen molar-refractivity contribution in [1.82, 2.24) is 15.6 Å². The molecule has 1 aromatic carbocycles. The third kappa shape index (κ3) is 4.89. The van der Waals surface area contributed by atoms with Crippen LogP contribution in [-0.4, -0.2) is 29.4 Å². The van der Waals surface area contributed by atoms with Crippen LogP contribution in [0.5, 0.6) is 0 Å². The van der Waals surface area contributed by atoms with Crippen molar-refractivity contribution in [3.05, 3.63) is 40.9 Å². The fraction of sp³-hybridized carbons (Fsp3) is 0.421. The number of nitrogens with one attached hydrogen (secondary N) is 2. The molecule has 3 rings (SSSR count). The minimum atomic E-state index is -0.235. The Morgan fingerprint density at radius 3 is 2.52 bits per heavy atom. The third-order valence-electron chi connectivity index (χ3n) is 4.39. The number of hydrogen-bond acceptors (Lipinski definition) is 4. The number of thiazole rings is 1. The van der Waals surface area contributed by atoms with Crippen LogP contribution in [-0.2, 0) is 4.79 Å². The number of nitrogens with zero attached hydrogens (tertiary/aromatic N) is 1. The van der Waals surface area contributed by atoms with E-state index in [1.54, 1.807) is 23.5 Å². The maximum Gasteiger partial charge on any atom is 0.251 e. The fourth-order valence-corrected chi connectivity index (χ4v) is 3.84. The quantitative estimate of drug-likeness (QED) is 0.862. The minimum Gasteiger partial charge on any atom is -0.352 e. The zero-order valence-corrected chi connectivity index (χ0v) is 15.2. The van der Waals surface area contributed by atoms with Crippen LogP contribution in [0.4, 0.5) is 0 Å². The van der Waals surface area contributed by atoms with Crippen molar-refractivity contribution in [2.45, 2.75) is 45.1 Å². The molecule has 1 aliphatic rings. The third-order valence-corrected chi connectivity index (χ3v) is 5.40. The van der Waals surface area contributed by atoms with Crippen LogP contribution in [0.1, 0.15) is 48.2 Å². The summed E-state index contributed by atoms with van der Waals surface area (Å²) in [6.07, 6.45) is 5.67. The van der Waals surface area contributed by atoms with E-state index in [0.29, 0.717) is 5.56 Å². The zero-order chi connectivity index (χ0) is 17.6. The second kappa shape index (κ2) is 8.25. The molecule has 1 aliphatic carbocycles. The van der Waals surface area contributed by atoms with E-state index in [1.807, 2.05) is 24.4 Å². The Labute approximate surface area is 151 Å². The van der Waals surface area contributed by atoms with Gasteiger partial charge < -0.3 is 10.6 Å². The van der Waals surface area contributed by atoms with Gasteiger partial charge in [-0.25, -0.2) is 4.98 Å². The van der Waals surface area contributed by atoms with E-state index in [0.717, 1.165) is 29.1 Å². The molecule has 5 nitrogen and oxygen atoms in total. The summed E-state index contributed by atoms with van der Waals surface area (Å²) in [6, 6.07) is 7.56. The Hall–Kier alpha value is -2.21. The van der Waals surface area contributed by atoms with Gasteiger partial charge in [-0.15, -0.1) is 11.3 Å². The van der Waals surface area contributed by atoms with Gasteiger partial charge in [0.05, 0.1) is 6.54 Å². The first-order valence-corrected chi connectivity index (χ1v) is 9.60. The average Bonchev–Trinajstić information content (AvgIpc) is 3.07. The molecule has 1 heterocycles. The highest BCUT2D eigenvalue weighted by Crippen LogP contribution is 2.23. The summed E-state index contributed by atoms with van der Waals surface area (Å²) in [5.41, 5.74) is 2.53. The van der Waals surface area contributed by atoms with Crippen molar-refractivity contribution in [2.24, 2.45) is 0 Å². The summed E-state index contributed by atoms with van der Waals surface area (Å²) in [5, 5.41) is 8.63. The van der Waals surface area contributed by atoms with Crippen LogP contribution < -0.4 is 10.6 Å². The molecular weight excluding hydrogens is 334 g/mol. The van der Waals surface area contributed by atoms with Gasteiger partial charge in [0.1, 0.15) is 5.01 Å². The van der Waals surface area contributed by atoms with Gasteiger partial charge in [0, 0.05) is 28.2 Å². The fourth-order valence-electron chi connectivity index (χ4n) is 3.04. The molecule has 0 aliphatic heterocycles. The summed E-state index contributed by atoms with van der Waals surface area (Å²) in [7, 11) is 0. The summed E-state index contributed by atoms with van der Waals surface area (Å²) in [6.45, 7) is 1.98. The minimum absolute atomic E-state index is 0.0166. The Balaban J connectivity index is 1.50. The normalized spacial score (nSPS) is 14.9. The molecule has 1 fully saturated rings. The molecule has 2 amide bonds. The lowest BCUT2D eigenvalue weighted by Crippen LogP contribution is -2.42. The Bertz CT molecular complexity index is 733. The SMILES string of the molecule is Cc1csc(-c2ccc(C(=O)NCC(=O)NC3CCCCC3)cc2)n1. The lowest BCUT2D eigenvalue weighted by molar-refractivity contribution is -0.121. The lowest BCUT2D eigenvalue weighted by atomic mass is 9.95. The van der Waals surface area contributed by atoms with Crippen LogP contribution in [0.25, 0.3) is 10.6 Å². The van der Waals surface area contributed by atoms with E-state index in [4.69, 9.17) is 0 Å². The largest absolute Gasteiger partial charge is 0.352 e. The van der Waals surface area contributed by atoms with Crippen LogP contribution in [0.3, 0.4) is 0 Å². The van der Waals surface area contributed by atoms with Gasteiger partial charge in [-0.05, 0) is 31.9 Å². The van der Waals surface area contributed by atoms with E-state index < -0.39 is 0 Å². The molecule has 2 N–H and O–H groups in total. The number of aryl methyl sites for hydroxylation is 1. The first-order chi connectivity index (χ1) is 12.1. The van der Waals surface area contributed by atoms with Gasteiger partial charge in [-0.2, -0.15) is 0 Å². The van der Waals surface area contributed by atoms with Gasteiger partial charge >= 0.3 is 0 Å². The van der Waals surface area contributed by atoms with Gasteiger partial charge in [0.15, 0.2) is 0 Å². The predicted molar refractivity (Wildman–Crippen MR) is 99.6 cm³/mol. The highest BCUT2D eigenvalue weighted by Gasteiger charge is 2.16. The number of rotatable bonds is 5. The van der Waals surface area contributed by atoms with Crippen LogP contribution in [0.15, 0.2) is 29.6 Å². The first-order valence-electron chi connectivity index (χ1n) is 8.72. The van der Waals surface area contributed by atoms with E-state index >= 15 is 0 Å². The van der Waals surface area contributed by atoms with Gasteiger partial charge in [-0.3, -0.25) is 9.59 Å². The Kier molecular flexibility index (Phi) is 5.81. The molecule has 0 unspecified atom stereocenters. The predicted octanol–water partition coefficient (Wildman–Crippen LogP) is 3.30. The number of carbonyl (C=O) groups is 2. The number of hydrogen-bond donors (Lipinski definition) is 2. The maximum atomic E-state index is 12.2. The van der Waals surface area contributed by atoms with Crippen LogP contribution in [0, 0.1) is 6.92 Å². The molecular formula is C19H23N3O2S. The van der Waals surface area contributed by atoms with E-state index in [1.165, 1.54) is 19.3 Å². The topological polar surface area (TPSA) is 71.1 Å². The number of aromatic nitrogens is 1. The van der Waals surface area contributed by atoms with Gasteiger partial charge in [-0.1, -0.05) is 31.4 Å². The summed E-state index contributed by atoms with van der Waals surface area (Å²) >= 11 is 1.58. The highest BCUT2D eigenvalue weighted by molar-refractivity contribution is 7.13. The standard InChI is InChI=1S/C19H23N3O2S/c1-13-12-25-19(21-13)15-9-7-14(8-10-15)18(24)20-11-17(23)22-16-5-3-2-4-6-16/h7-10,12,16H,2-6,11H2,1H3,(H,20,24)(H,22,23). The molecule has 0 saturated heterocycles. The van der Waals surface area contributed by atoms with Gasteiger partial charge in [0.2, 0.25) is 5.91 Å². The molecule has 0 radical (unpaired) electrons. The molecule has 1 saturated carbocycles. The molecule has 0 spiro atoms. The average molecular weight is 357 g/mol. The van der Waals surface area contributed by atoms with Crippen molar-refractivity contribution in [2.75, 3.05) is 6.54 Å². The summed E-state index contributed by atoms with van der Waals surface area (Å²) < 4.78 is 0. The molecule has 0 atom stereocenters. The van der Waals surface area contributed by atoms with E-state index in [9.17, 15) is 9.59 Å². The molecule has 6 heteroatoms. The number of amides is 2. The molecule has 132 valence electrons. The smallest absolute Gasteiger partial charge is 0.251 e. The number of carbonyl (C=O) groups excluding carboxylic acids is 2. The van der Waals surface area contributed by atoms with E-state index in [-0.39, 0.29) is 24.4 Å². The summed E-state index contributed by atoms with van der Waals surface area (Å²) in [4.78, 5) is 28.6. The molecule has 25 heavy (non-hydrogen) atoms. The van der Waals surface area contributed by atoms with Gasteiger partial charge in [0.25, 0.3) is 5.91 Å². The van der Waals surface area contributed by atoms with Crippen molar-refractivity contribution in [3.63, 3.8) is 0 Å². The first kappa shape index (κ1) is 17.6.